The molecule has 0 unspecified atom stereocenters. The minimum absolute atomic E-state index is 0.0693. The lowest BCUT2D eigenvalue weighted by Crippen LogP contribution is -2.41. The number of carbonyl (C=O) groups is 2. The summed E-state index contributed by atoms with van der Waals surface area (Å²) in [6.45, 7) is 1.14. The normalized spacial score (nSPS) is 11.0. The van der Waals surface area contributed by atoms with E-state index in [-0.39, 0.29) is 18.0 Å². The average Bonchev–Trinajstić information content (AvgIpc) is 2.81. The molecule has 0 aliphatic heterocycles. The summed E-state index contributed by atoms with van der Waals surface area (Å²) in [6, 6.07) is 21.9. The summed E-state index contributed by atoms with van der Waals surface area (Å²) in [5.41, 5.74) is 2.30. The molecule has 3 aromatic rings. The number of hydrogen-bond donors (Lipinski definition) is 0. The molecule has 0 saturated heterocycles. The fourth-order valence-corrected chi connectivity index (χ4v) is 3.04. The van der Waals surface area contributed by atoms with Gasteiger partial charge in [0.05, 0.1) is 5.69 Å². The van der Waals surface area contributed by atoms with Gasteiger partial charge in [0.25, 0.3) is 0 Å². The average molecular weight is 447 g/mol. The number of hydrogen-bond acceptors (Lipinski definition) is 2. The number of para-hydroxylation sites is 1. The molecule has 0 aromatic heterocycles. The second kappa shape index (κ2) is 10.5. The van der Waals surface area contributed by atoms with Crippen LogP contribution in [0.5, 0.6) is 0 Å². The number of anilines is 1. The molecule has 0 bridgehead atoms. The Balaban J connectivity index is 1.91. The first-order chi connectivity index (χ1) is 15.8. The number of amides is 1. The van der Waals surface area contributed by atoms with E-state index in [0.717, 1.165) is 0 Å². The van der Waals surface area contributed by atoms with Crippen LogP contribution in [0.25, 0.3) is 6.08 Å². The third-order valence-corrected chi connectivity index (χ3v) is 4.71. The SMILES string of the molecule is CC(=O)c1ccc(/C=C/CN(C(=O)C(F)(F)F)c2ccccc2C#Cc2ccccc2)cc1. The lowest BCUT2D eigenvalue weighted by atomic mass is 10.1. The van der Waals surface area contributed by atoms with E-state index in [0.29, 0.717) is 27.2 Å². The Morgan fingerprint density at radius 1 is 0.879 bits per heavy atom. The van der Waals surface area contributed by atoms with Gasteiger partial charge in [-0.25, -0.2) is 0 Å². The minimum atomic E-state index is -5.04. The zero-order valence-electron chi connectivity index (χ0n) is 17.8. The Bertz CT molecular complexity index is 1220. The van der Waals surface area contributed by atoms with E-state index in [2.05, 4.69) is 11.8 Å². The zero-order valence-corrected chi connectivity index (χ0v) is 17.8. The van der Waals surface area contributed by atoms with Crippen LogP contribution in [-0.4, -0.2) is 24.4 Å². The standard InChI is InChI=1S/C27H20F3NO2/c1-20(32)23-16-13-22(14-17-23)10-7-19-31(26(33)27(28,29)30)25-12-6-5-11-24(25)18-15-21-8-3-2-4-9-21/h2-14,16-17H,19H2,1H3/b10-7+. The Labute approximate surface area is 190 Å². The Kier molecular flexibility index (Phi) is 7.47. The highest BCUT2D eigenvalue weighted by atomic mass is 19.4. The maximum Gasteiger partial charge on any atom is 0.471 e. The van der Waals surface area contributed by atoms with Crippen LogP contribution in [0.3, 0.4) is 0 Å². The molecule has 0 aliphatic carbocycles. The highest BCUT2D eigenvalue weighted by molar-refractivity contribution is 5.99. The van der Waals surface area contributed by atoms with E-state index in [1.807, 2.05) is 18.2 Å². The molecule has 0 saturated carbocycles. The summed E-state index contributed by atoms with van der Waals surface area (Å²) in [4.78, 5) is 24.3. The van der Waals surface area contributed by atoms with Crippen molar-refractivity contribution in [3.05, 3.63) is 107 Å². The number of ketones is 1. The van der Waals surface area contributed by atoms with Gasteiger partial charge in [-0.05, 0) is 36.8 Å². The second-order valence-electron chi connectivity index (χ2n) is 7.13. The second-order valence-corrected chi connectivity index (χ2v) is 7.13. The van der Waals surface area contributed by atoms with E-state index in [1.54, 1.807) is 60.7 Å². The summed E-state index contributed by atoms with van der Waals surface area (Å²) >= 11 is 0. The molecular formula is C27H20F3NO2. The minimum Gasteiger partial charge on any atom is -0.300 e. The monoisotopic (exact) mass is 447 g/mol. The number of halogens is 3. The van der Waals surface area contributed by atoms with E-state index < -0.39 is 12.1 Å². The molecule has 0 radical (unpaired) electrons. The Hall–Kier alpha value is -4.11. The van der Waals surface area contributed by atoms with Crippen molar-refractivity contribution in [3.8, 4) is 11.8 Å². The predicted octanol–water partition coefficient (Wildman–Crippen LogP) is 5.90. The molecule has 3 rings (SSSR count). The van der Waals surface area contributed by atoms with Gasteiger partial charge in [-0.1, -0.05) is 78.6 Å². The molecule has 0 N–H and O–H groups in total. The van der Waals surface area contributed by atoms with Crippen molar-refractivity contribution in [2.75, 3.05) is 11.4 Å². The third kappa shape index (κ3) is 6.44. The third-order valence-electron chi connectivity index (χ3n) is 4.71. The van der Waals surface area contributed by atoms with Crippen molar-refractivity contribution in [1.82, 2.24) is 0 Å². The number of benzene rings is 3. The van der Waals surface area contributed by atoms with Crippen molar-refractivity contribution in [2.45, 2.75) is 13.1 Å². The summed E-state index contributed by atoms with van der Waals surface area (Å²) in [5.74, 6) is 3.73. The van der Waals surface area contributed by atoms with Gasteiger partial charge in [0.2, 0.25) is 0 Å². The molecule has 0 atom stereocenters. The van der Waals surface area contributed by atoms with Gasteiger partial charge in [0, 0.05) is 23.2 Å². The highest BCUT2D eigenvalue weighted by Crippen LogP contribution is 2.26. The molecule has 0 fully saturated rings. The fourth-order valence-electron chi connectivity index (χ4n) is 3.04. The molecule has 3 nitrogen and oxygen atoms in total. The van der Waals surface area contributed by atoms with Crippen LogP contribution in [0.1, 0.15) is 34.0 Å². The molecule has 0 aliphatic rings. The zero-order chi connectivity index (χ0) is 23.8. The van der Waals surface area contributed by atoms with Crippen molar-refractivity contribution in [1.29, 1.82) is 0 Å². The van der Waals surface area contributed by atoms with Crippen molar-refractivity contribution >= 4 is 23.5 Å². The predicted molar refractivity (Wildman–Crippen MR) is 123 cm³/mol. The van der Waals surface area contributed by atoms with E-state index in [1.165, 1.54) is 19.1 Å². The molecule has 1 amide bonds. The first-order valence-corrected chi connectivity index (χ1v) is 10.1. The van der Waals surface area contributed by atoms with Gasteiger partial charge in [0.1, 0.15) is 0 Å². The maximum atomic E-state index is 13.4. The van der Waals surface area contributed by atoms with E-state index >= 15 is 0 Å². The van der Waals surface area contributed by atoms with Crippen LogP contribution in [0.4, 0.5) is 18.9 Å². The maximum absolute atomic E-state index is 13.4. The van der Waals surface area contributed by atoms with E-state index in [9.17, 15) is 22.8 Å². The van der Waals surface area contributed by atoms with Crippen LogP contribution < -0.4 is 4.90 Å². The van der Waals surface area contributed by atoms with Crippen molar-refractivity contribution in [3.63, 3.8) is 0 Å². The molecular weight excluding hydrogens is 427 g/mol. The number of rotatable bonds is 5. The van der Waals surface area contributed by atoms with Crippen LogP contribution in [-0.2, 0) is 4.79 Å². The summed E-state index contributed by atoms with van der Waals surface area (Å²) in [7, 11) is 0. The van der Waals surface area contributed by atoms with Crippen LogP contribution in [0.15, 0.2) is 84.9 Å². The van der Waals surface area contributed by atoms with Crippen LogP contribution >= 0.6 is 0 Å². The van der Waals surface area contributed by atoms with Gasteiger partial charge in [-0.2, -0.15) is 13.2 Å². The van der Waals surface area contributed by atoms with Crippen LogP contribution in [0.2, 0.25) is 0 Å². The topological polar surface area (TPSA) is 37.4 Å². The molecule has 6 heteroatoms. The Morgan fingerprint density at radius 3 is 2.15 bits per heavy atom. The van der Waals surface area contributed by atoms with E-state index in [4.69, 9.17) is 0 Å². The molecule has 0 heterocycles. The van der Waals surface area contributed by atoms with Gasteiger partial charge in [0.15, 0.2) is 5.78 Å². The number of Topliss-reactive ketones (excluding diaryl/α,β-unsaturated/α-hetero) is 1. The first kappa shape index (κ1) is 23.6. The van der Waals surface area contributed by atoms with Crippen LogP contribution in [0, 0.1) is 11.8 Å². The van der Waals surface area contributed by atoms with Gasteiger partial charge >= 0.3 is 12.1 Å². The molecule has 3 aromatic carbocycles. The molecule has 33 heavy (non-hydrogen) atoms. The number of alkyl halides is 3. The summed E-state index contributed by atoms with van der Waals surface area (Å²) in [6.07, 6.45) is -1.98. The quantitative estimate of drug-likeness (QED) is 0.361. The van der Waals surface area contributed by atoms with Gasteiger partial charge < -0.3 is 0 Å². The van der Waals surface area contributed by atoms with Crippen molar-refractivity contribution < 1.29 is 22.8 Å². The first-order valence-electron chi connectivity index (χ1n) is 10.1. The van der Waals surface area contributed by atoms with Crippen molar-refractivity contribution in [2.24, 2.45) is 0 Å². The van der Waals surface area contributed by atoms with Gasteiger partial charge in [-0.3, -0.25) is 14.5 Å². The number of nitrogens with zero attached hydrogens (tertiary/aromatic N) is 1. The Morgan fingerprint density at radius 2 is 1.52 bits per heavy atom. The highest BCUT2D eigenvalue weighted by Gasteiger charge is 2.43. The fraction of sp³-hybridized carbons (Fsp3) is 0.111. The summed E-state index contributed by atoms with van der Waals surface area (Å²) < 4.78 is 40.1. The summed E-state index contributed by atoms with van der Waals surface area (Å²) in [5, 5.41) is 0. The smallest absolute Gasteiger partial charge is 0.300 e. The van der Waals surface area contributed by atoms with Gasteiger partial charge in [-0.15, -0.1) is 0 Å². The molecule has 166 valence electrons. The lowest BCUT2D eigenvalue weighted by Gasteiger charge is -2.23. The largest absolute Gasteiger partial charge is 0.471 e. The number of carbonyl (C=O) groups excluding carboxylic acids is 2. The lowest BCUT2D eigenvalue weighted by molar-refractivity contribution is -0.170. The molecule has 0 spiro atoms.